The van der Waals surface area contributed by atoms with Gasteiger partial charge in [0.25, 0.3) is 15.9 Å². The summed E-state index contributed by atoms with van der Waals surface area (Å²) in [4.78, 5) is 25.5. The zero-order chi connectivity index (χ0) is 19.4. The minimum atomic E-state index is -4.02. The average molecular weight is 392 g/mol. The second-order valence-corrected chi connectivity index (χ2v) is 7.12. The SMILES string of the molecule is COC(=O)c1ccc(S(=O)(=O)NNC(=O)c2ccc3c(c2)OCCO3)cc1. The molecule has 0 unspecified atom stereocenters. The first kappa shape index (κ1) is 18.7. The quantitative estimate of drug-likeness (QED) is 0.572. The number of hydrogen-bond donors (Lipinski definition) is 2. The summed E-state index contributed by atoms with van der Waals surface area (Å²) in [7, 11) is -2.80. The lowest BCUT2D eigenvalue weighted by atomic mass is 10.2. The first-order valence-corrected chi connectivity index (χ1v) is 9.29. The van der Waals surface area contributed by atoms with Gasteiger partial charge in [-0.1, -0.05) is 0 Å². The zero-order valence-electron chi connectivity index (χ0n) is 14.2. The molecule has 0 atom stereocenters. The Bertz CT molecular complexity index is 971. The third-order valence-electron chi connectivity index (χ3n) is 3.69. The molecule has 0 spiro atoms. The first-order valence-electron chi connectivity index (χ1n) is 7.81. The Labute approximate surface area is 155 Å². The monoisotopic (exact) mass is 392 g/mol. The van der Waals surface area contributed by atoms with Gasteiger partial charge in [-0.15, -0.1) is 4.83 Å². The van der Waals surface area contributed by atoms with Gasteiger partial charge in [0, 0.05) is 5.56 Å². The molecule has 0 bridgehead atoms. The van der Waals surface area contributed by atoms with Crippen LogP contribution in [0.4, 0.5) is 0 Å². The fourth-order valence-electron chi connectivity index (χ4n) is 2.32. The Kier molecular flexibility index (Phi) is 5.28. The number of esters is 1. The van der Waals surface area contributed by atoms with Crippen molar-refractivity contribution in [2.45, 2.75) is 4.90 Å². The number of sulfonamides is 1. The van der Waals surface area contributed by atoms with Crippen LogP contribution in [0.3, 0.4) is 0 Å². The largest absolute Gasteiger partial charge is 0.486 e. The predicted octanol–water partition coefficient (Wildman–Crippen LogP) is 0.868. The van der Waals surface area contributed by atoms with E-state index in [9.17, 15) is 18.0 Å². The Balaban J connectivity index is 1.68. The fraction of sp³-hybridized carbons (Fsp3) is 0.176. The van der Waals surface area contributed by atoms with Crippen molar-refractivity contribution in [2.24, 2.45) is 0 Å². The van der Waals surface area contributed by atoms with Crippen LogP contribution < -0.4 is 19.7 Å². The molecule has 1 aliphatic rings. The van der Waals surface area contributed by atoms with Crippen molar-refractivity contribution in [2.75, 3.05) is 20.3 Å². The van der Waals surface area contributed by atoms with Crippen LogP contribution in [0.15, 0.2) is 47.4 Å². The van der Waals surface area contributed by atoms with E-state index in [-0.39, 0.29) is 16.0 Å². The minimum Gasteiger partial charge on any atom is -0.486 e. The van der Waals surface area contributed by atoms with Gasteiger partial charge >= 0.3 is 5.97 Å². The molecule has 0 saturated heterocycles. The summed E-state index contributed by atoms with van der Waals surface area (Å²) in [5, 5.41) is 0. The number of nitrogens with one attached hydrogen (secondary N) is 2. The van der Waals surface area contributed by atoms with Crippen molar-refractivity contribution >= 4 is 21.9 Å². The number of carbonyl (C=O) groups is 2. The maximum Gasteiger partial charge on any atom is 0.337 e. The standard InChI is InChI=1S/C17H16N2O7S/c1-24-17(21)11-2-5-13(6-3-11)27(22,23)19-18-16(20)12-4-7-14-15(10-12)26-9-8-25-14/h2-7,10,19H,8-9H2,1H3,(H,18,20). The van der Waals surface area contributed by atoms with Gasteiger partial charge in [0.15, 0.2) is 11.5 Å². The van der Waals surface area contributed by atoms with E-state index >= 15 is 0 Å². The molecular weight excluding hydrogens is 376 g/mol. The van der Waals surface area contributed by atoms with Crippen LogP contribution in [0.25, 0.3) is 0 Å². The minimum absolute atomic E-state index is 0.127. The molecule has 2 aromatic carbocycles. The smallest absolute Gasteiger partial charge is 0.337 e. The number of hydrogen-bond acceptors (Lipinski definition) is 7. The highest BCUT2D eigenvalue weighted by Crippen LogP contribution is 2.30. The van der Waals surface area contributed by atoms with Gasteiger partial charge in [-0.2, -0.15) is 0 Å². The molecule has 1 aliphatic heterocycles. The summed E-state index contributed by atoms with van der Waals surface area (Å²) in [5.41, 5.74) is 2.53. The number of amides is 1. The van der Waals surface area contributed by atoms with E-state index in [1.807, 2.05) is 4.83 Å². The molecule has 10 heteroatoms. The summed E-state index contributed by atoms with van der Waals surface area (Å²) < 4.78 is 39.8. The molecule has 9 nitrogen and oxygen atoms in total. The molecule has 1 heterocycles. The normalized spacial score (nSPS) is 12.9. The Morgan fingerprint density at radius 2 is 1.59 bits per heavy atom. The number of carbonyl (C=O) groups excluding carboxylic acids is 2. The van der Waals surface area contributed by atoms with Gasteiger partial charge in [0.05, 0.1) is 17.6 Å². The molecular formula is C17H16N2O7S. The van der Waals surface area contributed by atoms with Gasteiger partial charge in [-0.05, 0) is 42.5 Å². The second-order valence-electron chi connectivity index (χ2n) is 5.43. The topological polar surface area (TPSA) is 120 Å². The highest BCUT2D eigenvalue weighted by atomic mass is 32.2. The van der Waals surface area contributed by atoms with Gasteiger partial charge in [-0.25, -0.2) is 13.2 Å². The summed E-state index contributed by atoms with van der Waals surface area (Å²) in [6, 6.07) is 9.59. The first-order chi connectivity index (χ1) is 12.9. The molecule has 0 saturated carbocycles. The Morgan fingerprint density at radius 3 is 2.26 bits per heavy atom. The van der Waals surface area contributed by atoms with Crippen LogP contribution >= 0.6 is 0 Å². The predicted molar refractivity (Wildman–Crippen MR) is 93.0 cm³/mol. The summed E-state index contributed by atoms with van der Waals surface area (Å²) >= 11 is 0. The van der Waals surface area contributed by atoms with Crippen molar-refractivity contribution in [1.82, 2.24) is 10.3 Å². The number of hydrazine groups is 1. The molecule has 142 valence electrons. The van der Waals surface area contributed by atoms with Crippen LogP contribution in [0, 0.1) is 0 Å². The van der Waals surface area contributed by atoms with E-state index in [0.29, 0.717) is 24.7 Å². The lowest BCUT2D eigenvalue weighted by Gasteiger charge is -2.18. The van der Waals surface area contributed by atoms with E-state index < -0.39 is 21.9 Å². The fourth-order valence-corrected chi connectivity index (χ4v) is 3.16. The van der Waals surface area contributed by atoms with Crippen LogP contribution in [0.5, 0.6) is 11.5 Å². The molecule has 3 rings (SSSR count). The van der Waals surface area contributed by atoms with E-state index in [0.717, 1.165) is 0 Å². The van der Waals surface area contributed by atoms with Crippen LogP contribution in [-0.2, 0) is 14.8 Å². The van der Waals surface area contributed by atoms with Crippen molar-refractivity contribution in [3.8, 4) is 11.5 Å². The van der Waals surface area contributed by atoms with Crippen molar-refractivity contribution < 1.29 is 32.2 Å². The van der Waals surface area contributed by atoms with E-state index in [1.54, 1.807) is 6.07 Å². The Hall–Kier alpha value is -3.11. The van der Waals surface area contributed by atoms with Crippen LogP contribution in [0.2, 0.25) is 0 Å². The molecule has 27 heavy (non-hydrogen) atoms. The maximum absolute atomic E-state index is 12.3. The molecule has 0 fully saturated rings. The number of methoxy groups -OCH3 is 1. The highest BCUT2D eigenvalue weighted by Gasteiger charge is 2.18. The lowest BCUT2D eigenvalue weighted by molar-refractivity contribution is 0.0600. The molecule has 0 radical (unpaired) electrons. The summed E-state index contributed by atoms with van der Waals surface area (Å²) in [6.45, 7) is 0.791. The van der Waals surface area contributed by atoms with E-state index in [4.69, 9.17) is 9.47 Å². The molecule has 0 aliphatic carbocycles. The number of ether oxygens (including phenoxy) is 3. The second kappa shape index (κ2) is 7.64. The zero-order valence-corrected chi connectivity index (χ0v) is 15.0. The number of fused-ring (bicyclic) bond motifs is 1. The summed E-state index contributed by atoms with van der Waals surface area (Å²) in [6.07, 6.45) is 0. The number of rotatable bonds is 5. The van der Waals surface area contributed by atoms with Gasteiger partial charge < -0.3 is 14.2 Å². The lowest BCUT2D eigenvalue weighted by Crippen LogP contribution is -2.41. The van der Waals surface area contributed by atoms with Gasteiger partial charge in [0.1, 0.15) is 13.2 Å². The third kappa shape index (κ3) is 4.18. The summed E-state index contributed by atoms with van der Waals surface area (Å²) in [5.74, 6) is -0.320. The van der Waals surface area contributed by atoms with Crippen molar-refractivity contribution in [3.63, 3.8) is 0 Å². The highest BCUT2D eigenvalue weighted by molar-refractivity contribution is 7.89. The molecule has 0 aromatic heterocycles. The number of benzene rings is 2. The average Bonchev–Trinajstić information content (AvgIpc) is 2.71. The Morgan fingerprint density at radius 1 is 0.963 bits per heavy atom. The van der Waals surface area contributed by atoms with E-state index in [1.165, 1.54) is 43.5 Å². The van der Waals surface area contributed by atoms with E-state index in [2.05, 4.69) is 10.2 Å². The van der Waals surface area contributed by atoms with Crippen LogP contribution in [-0.4, -0.2) is 40.6 Å². The maximum atomic E-state index is 12.3. The molecule has 2 aromatic rings. The van der Waals surface area contributed by atoms with Gasteiger partial charge in [0.2, 0.25) is 0 Å². The van der Waals surface area contributed by atoms with Crippen LogP contribution in [0.1, 0.15) is 20.7 Å². The molecule has 1 amide bonds. The third-order valence-corrected chi connectivity index (χ3v) is 4.95. The van der Waals surface area contributed by atoms with Crippen molar-refractivity contribution in [1.29, 1.82) is 0 Å². The molecule has 2 N–H and O–H groups in total. The van der Waals surface area contributed by atoms with Gasteiger partial charge in [-0.3, -0.25) is 10.2 Å². The van der Waals surface area contributed by atoms with Crippen molar-refractivity contribution in [3.05, 3.63) is 53.6 Å².